The highest BCUT2D eigenvalue weighted by molar-refractivity contribution is 9.27. The van der Waals surface area contributed by atoms with Crippen molar-refractivity contribution in [1.82, 2.24) is 18.3 Å². The van der Waals surface area contributed by atoms with Crippen LogP contribution in [0.25, 0.3) is 10.8 Å². The molecule has 2 heterocycles. The fourth-order valence-electron chi connectivity index (χ4n) is 6.18. The fourth-order valence-corrected chi connectivity index (χ4v) is 34.1. The van der Waals surface area contributed by atoms with Crippen LogP contribution in [0.2, 0.25) is 0 Å². The van der Waals surface area contributed by atoms with Crippen LogP contribution in [0.15, 0.2) is 67.3 Å². The maximum atomic E-state index is 4.77. The lowest BCUT2D eigenvalue weighted by molar-refractivity contribution is 0.252. The average molecular weight is 600 g/mol. The van der Waals surface area contributed by atoms with Crippen LogP contribution in [-0.4, -0.2) is 54.9 Å². The molecule has 0 aromatic heterocycles. The second-order valence-electron chi connectivity index (χ2n) is 14.6. The molecule has 0 bridgehead atoms. The molecular formula is C30H47BrN4Si2. The van der Waals surface area contributed by atoms with Gasteiger partial charge in [-0.25, -0.2) is 0 Å². The van der Waals surface area contributed by atoms with Gasteiger partial charge in [-0.3, -0.25) is 0 Å². The first kappa shape index (κ1) is 28.3. The third kappa shape index (κ3) is 4.29. The summed E-state index contributed by atoms with van der Waals surface area (Å²) in [7, 11) is -2.79. The molecule has 4 rings (SSSR count). The van der Waals surface area contributed by atoms with Gasteiger partial charge in [0.1, 0.15) is 0 Å². The Bertz CT molecular complexity index is 1180. The molecule has 2 aliphatic heterocycles. The second kappa shape index (κ2) is 8.65. The molecule has 202 valence electrons. The van der Waals surface area contributed by atoms with Crippen molar-refractivity contribution in [3.8, 4) is 0 Å². The predicted octanol–water partition coefficient (Wildman–Crippen LogP) is 7.27. The van der Waals surface area contributed by atoms with E-state index in [1.807, 2.05) is 0 Å². The highest BCUT2D eigenvalue weighted by Gasteiger charge is 2.76. The van der Waals surface area contributed by atoms with Crippen molar-refractivity contribution in [3.63, 3.8) is 0 Å². The molecule has 0 unspecified atom stereocenters. The minimum Gasteiger partial charge on any atom is -0.376 e. The number of benzene rings is 2. The Kier molecular flexibility index (Phi) is 6.62. The van der Waals surface area contributed by atoms with E-state index in [0.29, 0.717) is 0 Å². The second-order valence-corrected chi connectivity index (χ2v) is 29.3. The molecule has 0 aliphatic carbocycles. The van der Waals surface area contributed by atoms with Crippen molar-refractivity contribution in [1.29, 1.82) is 0 Å². The first-order valence-corrected chi connectivity index (χ1v) is 20.5. The van der Waals surface area contributed by atoms with Crippen molar-refractivity contribution >= 4 is 45.7 Å². The largest absolute Gasteiger partial charge is 0.376 e. The highest BCUT2D eigenvalue weighted by atomic mass is 79.9. The molecule has 7 heteroatoms. The topological polar surface area (TPSA) is 13.0 Å². The monoisotopic (exact) mass is 598 g/mol. The van der Waals surface area contributed by atoms with Gasteiger partial charge in [-0.05, 0) is 99.0 Å². The van der Waals surface area contributed by atoms with E-state index in [1.165, 1.54) is 16.0 Å². The number of hydrogen-bond acceptors (Lipinski definition) is 4. The van der Waals surface area contributed by atoms with E-state index in [0.717, 1.165) is 0 Å². The quantitative estimate of drug-likeness (QED) is 0.266. The van der Waals surface area contributed by atoms with E-state index in [2.05, 4.69) is 169 Å². The Morgan fingerprint density at radius 3 is 1.30 bits per heavy atom. The Morgan fingerprint density at radius 2 is 0.892 bits per heavy atom. The summed E-state index contributed by atoms with van der Waals surface area (Å²) >= 11 is 4.77. The molecule has 4 nitrogen and oxygen atoms in total. The number of hydrogen-bond donors (Lipinski definition) is 0. The minimum absolute atomic E-state index is 0.0568. The van der Waals surface area contributed by atoms with Crippen molar-refractivity contribution < 1.29 is 0 Å². The molecular weight excluding hydrogens is 552 g/mol. The molecule has 0 spiro atoms. The first-order valence-electron chi connectivity index (χ1n) is 13.5. The van der Waals surface area contributed by atoms with Crippen LogP contribution in [0, 0.1) is 0 Å². The average Bonchev–Trinajstić information content (AvgIpc) is 3.33. The molecule has 0 saturated heterocycles. The maximum Gasteiger partial charge on any atom is 0.375 e. The standard InChI is InChI=1S/C30H47BrN4Si2/c1-27(2,3)32-19-20-33(28(4,5)6)36(32,26-18-17-24-15-13-14-16-25(24)23-26)37(31)34(29(7,8)9)21-22-35(37)30(10,11)12/h13-23H,1-12H3. The predicted molar refractivity (Wildman–Crippen MR) is 169 cm³/mol. The zero-order chi connectivity index (χ0) is 27.8. The van der Waals surface area contributed by atoms with Gasteiger partial charge in [-0.1, -0.05) is 57.8 Å². The Hall–Kier alpha value is -1.71. The van der Waals surface area contributed by atoms with Gasteiger partial charge in [-0.2, -0.15) is 0 Å². The van der Waals surface area contributed by atoms with E-state index < -0.39 is 14.4 Å². The van der Waals surface area contributed by atoms with E-state index in [1.54, 1.807) is 0 Å². The maximum absolute atomic E-state index is 4.77. The Morgan fingerprint density at radius 1 is 0.514 bits per heavy atom. The van der Waals surface area contributed by atoms with Crippen LogP contribution in [0.3, 0.4) is 0 Å². The number of nitrogens with zero attached hydrogens (tertiary/aromatic N) is 4. The van der Waals surface area contributed by atoms with Crippen molar-refractivity contribution in [2.75, 3.05) is 0 Å². The van der Waals surface area contributed by atoms with Crippen LogP contribution in [0.4, 0.5) is 0 Å². The van der Waals surface area contributed by atoms with E-state index in [9.17, 15) is 0 Å². The molecule has 0 fully saturated rings. The fraction of sp³-hybridized carbons (Fsp3) is 0.533. The van der Waals surface area contributed by atoms with Gasteiger partial charge in [0.2, 0.25) is 0 Å². The lowest BCUT2D eigenvalue weighted by Crippen LogP contribution is -2.92. The van der Waals surface area contributed by atoms with Crippen molar-refractivity contribution in [2.24, 2.45) is 0 Å². The number of fused-ring (bicyclic) bond motifs is 1. The van der Waals surface area contributed by atoms with Gasteiger partial charge in [0.25, 0.3) is 0 Å². The summed E-state index contributed by atoms with van der Waals surface area (Å²) in [5.41, 5.74) is -0.257. The summed E-state index contributed by atoms with van der Waals surface area (Å²) in [4.78, 5) is 0. The van der Waals surface area contributed by atoms with Crippen molar-refractivity contribution in [3.05, 3.63) is 67.3 Å². The van der Waals surface area contributed by atoms with Crippen LogP contribution in [0.1, 0.15) is 83.1 Å². The summed E-state index contributed by atoms with van der Waals surface area (Å²) in [5.74, 6) is 0. The van der Waals surface area contributed by atoms with Crippen LogP contribution < -0.4 is 5.19 Å². The molecule has 37 heavy (non-hydrogen) atoms. The van der Waals surface area contributed by atoms with Crippen molar-refractivity contribution in [2.45, 2.75) is 105 Å². The number of rotatable bonds is 2. The van der Waals surface area contributed by atoms with Gasteiger partial charge in [-0.15, -0.1) is 0 Å². The Balaban J connectivity index is 2.21. The molecule has 0 saturated carbocycles. The molecule has 2 aromatic rings. The van der Waals surface area contributed by atoms with Crippen LogP contribution in [-0.2, 0) is 0 Å². The third-order valence-corrected chi connectivity index (χ3v) is 29.2. The van der Waals surface area contributed by atoms with Crippen LogP contribution in [0.5, 0.6) is 0 Å². The summed E-state index contributed by atoms with van der Waals surface area (Å²) in [6.45, 7) is 25.7. The molecule has 0 radical (unpaired) electrons. The summed E-state index contributed by atoms with van der Waals surface area (Å²) in [6.07, 6.45) is 9.56. The number of halogens is 1. The highest BCUT2D eigenvalue weighted by Crippen LogP contribution is 2.51. The molecule has 0 amide bonds. The summed E-state index contributed by atoms with van der Waals surface area (Å²) in [6, 6.07) is 16.1. The van der Waals surface area contributed by atoms with E-state index in [-0.39, 0.29) is 22.2 Å². The Labute approximate surface area is 235 Å². The summed E-state index contributed by atoms with van der Waals surface area (Å²) < 4.78 is 11.0. The third-order valence-electron chi connectivity index (χ3n) is 7.55. The molecule has 0 atom stereocenters. The SMILES string of the molecule is CC(C)(C)N1C=CN(C(C)(C)C)[Si]1(Br)[Si]1(c2ccc3ccccc3c2)N(C(C)(C)C)C=CN1C(C)(C)C. The van der Waals surface area contributed by atoms with E-state index in [4.69, 9.17) is 15.3 Å². The molecule has 2 aliphatic rings. The lowest BCUT2D eigenvalue weighted by Gasteiger charge is -2.63. The zero-order valence-electron chi connectivity index (χ0n) is 25.0. The normalized spacial score (nSPS) is 20.0. The zero-order valence-corrected chi connectivity index (χ0v) is 28.6. The first-order chi connectivity index (χ1) is 16.8. The van der Waals surface area contributed by atoms with Gasteiger partial charge in [0.15, 0.2) is 0 Å². The smallest absolute Gasteiger partial charge is 0.375 e. The summed E-state index contributed by atoms with van der Waals surface area (Å²) in [5, 5.41) is 4.06. The van der Waals surface area contributed by atoms with Gasteiger partial charge < -0.3 is 18.3 Å². The minimum atomic E-state index is -2.79. The van der Waals surface area contributed by atoms with Gasteiger partial charge in [0.05, 0.1) is 0 Å². The lowest BCUT2D eigenvalue weighted by atomic mass is 10.1. The molecule has 2 aromatic carbocycles. The van der Waals surface area contributed by atoms with Crippen LogP contribution >= 0.6 is 15.3 Å². The molecule has 0 N–H and O–H groups in total. The van der Waals surface area contributed by atoms with E-state index >= 15 is 0 Å². The van der Waals surface area contributed by atoms with Gasteiger partial charge >= 0.3 is 14.4 Å². The van der Waals surface area contributed by atoms with Gasteiger partial charge in [0, 0.05) is 47.0 Å².